The second-order valence-electron chi connectivity index (χ2n) is 6.33. The fraction of sp³-hybridized carbons (Fsp3) is 0.812. The highest BCUT2D eigenvalue weighted by Gasteiger charge is 2.51. The third-order valence-corrected chi connectivity index (χ3v) is 4.73. The Morgan fingerprint density at radius 1 is 1.12 bits per heavy atom. The molecule has 4 amide bonds. The Bertz CT molecular complexity index is 468. The molecule has 1 heterocycles. The Kier molecular flexibility index (Phi) is 6.56. The van der Waals surface area contributed by atoms with Gasteiger partial charge in [-0.15, -0.1) is 0 Å². The maximum Gasteiger partial charge on any atom is 0.325 e. The lowest BCUT2D eigenvalue weighted by molar-refractivity contribution is -0.140. The van der Waals surface area contributed by atoms with Crippen molar-refractivity contribution < 1.29 is 23.9 Å². The van der Waals surface area contributed by atoms with Gasteiger partial charge in [0.25, 0.3) is 5.91 Å². The fourth-order valence-electron chi connectivity index (χ4n) is 3.31. The van der Waals surface area contributed by atoms with Gasteiger partial charge in [-0.1, -0.05) is 19.3 Å². The highest BCUT2D eigenvalue weighted by molar-refractivity contribution is 6.09. The molecule has 2 rings (SSSR count). The monoisotopic (exact) mass is 341 g/mol. The van der Waals surface area contributed by atoms with E-state index in [0.29, 0.717) is 39.1 Å². The molecule has 1 N–H and O–H groups in total. The van der Waals surface area contributed by atoms with Crippen molar-refractivity contribution >= 4 is 17.8 Å². The van der Waals surface area contributed by atoms with Crippen molar-refractivity contribution in [2.24, 2.45) is 0 Å². The number of carbonyl (C=O) groups is 3. The molecule has 8 heteroatoms. The number of carbonyl (C=O) groups excluding carboxylic acids is 3. The minimum atomic E-state index is -0.792. The predicted molar refractivity (Wildman–Crippen MR) is 86.4 cm³/mol. The Hall–Kier alpha value is -1.67. The van der Waals surface area contributed by atoms with Crippen LogP contribution in [0.4, 0.5) is 4.79 Å². The average molecular weight is 341 g/mol. The average Bonchev–Trinajstić information content (AvgIpc) is 2.80. The molecule has 136 valence electrons. The van der Waals surface area contributed by atoms with Crippen molar-refractivity contribution in [3.05, 3.63) is 0 Å². The lowest BCUT2D eigenvalue weighted by Crippen LogP contribution is -2.49. The number of amides is 4. The smallest absolute Gasteiger partial charge is 0.325 e. The van der Waals surface area contributed by atoms with Gasteiger partial charge in [0.1, 0.15) is 12.1 Å². The zero-order chi connectivity index (χ0) is 17.6. The maximum absolute atomic E-state index is 12.7. The minimum Gasteiger partial charge on any atom is -0.383 e. The van der Waals surface area contributed by atoms with Crippen LogP contribution in [0, 0.1) is 0 Å². The number of hydrogen-bond donors (Lipinski definition) is 1. The van der Waals surface area contributed by atoms with E-state index in [4.69, 9.17) is 9.47 Å². The molecule has 0 atom stereocenters. The van der Waals surface area contributed by atoms with Gasteiger partial charge in [-0.05, 0) is 12.8 Å². The number of nitrogens with zero attached hydrogens (tertiary/aromatic N) is 2. The Balaban J connectivity index is 2.00. The molecule has 0 radical (unpaired) electrons. The van der Waals surface area contributed by atoms with Crippen LogP contribution in [0.3, 0.4) is 0 Å². The van der Waals surface area contributed by atoms with Gasteiger partial charge in [-0.2, -0.15) is 0 Å². The van der Waals surface area contributed by atoms with Crippen LogP contribution < -0.4 is 5.32 Å². The highest BCUT2D eigenvalue weighted by atomic mass is 16.5. The number of imide groups is 1. The van der Waals surface area contributed by atoms with Gasteiger partial charge in [0.15, 0.2) is 0 Å². The first-order chi connectivity index (χ1) is 11.5. The van der Waals surface area contributed by atoms with Gasteiger partial charge in [-0.25, -0.2) is 4.79 Å². The summed E-state index contributed by atoms with van der Waals surface area (Å²) >= 11 is 0. The van der Waals surface area contributed by atoms with Crippen molar-refractivity contribution in [1.29, 1.82) is 0 Å². The van der Waals surface area contributed by atoms with Crippen LogP contribution >= 0.6 is 0 Å². The van der Waals surface area contributed by atoms with Crippen molar-refractivity contribution in [3.8, 4) is 0 Å². The summed E-state index contributed by atoms with van der Waals surface area (Å²) in [7, 11) is 3.12. The van der Waals surface area contributed by atoms with Crippen LogP contribution in [0.25, 0.3) is 0 Å². The van der Waals surface area contributed by atoms with Crippen molar-refractivity contribution in [1.82, 2.24) is 15.1 Å². The highest BCUT2D eigenvalue weighted by Crippen LogP contribution is 2.33. The molecule has 2 aliphatic rings. The number of hydrogen-bond acceptors (Lipinski definition) is 5. The first kappa shape index (κ1) is 18.7. The van der Waals surface area contributed by atoms with Gasteiger partial charge >= 0.3 is 6.03 Å². The van der Waals surface area contributed by atoms with Crippen LogP contribution in [0.2, 0.25) is 0 Å². The van der Waals surface area contributed by atoms with Gasteiger partial charge in [0.05, 0.1) is 13.2 Å². The van der Waals surface area contributed by atoms with E-state index in [1.54, 1.807) is 19.1 Å². The number of urea groups is 1. The van der Waals surface area contributed by atoms with Crippen molar-refractivity contribution in [2.75, 3.05) is 47.1 Å². The summed E-state index contributed by atoms with van der Waals surface area (Å²) in [6, 6.07) is -0.464. The first-order valence-corrected chi connectivity index (χ1v) is 8.44. The lowest BCUT2D eigenvalue weighted by Gasteiger charge is -2.30. The number of rotatable bonds is 8. The minimum absolute atomic E-state index is 0.236. The summed E-state index contributed by atoms with van der Waals surface area (Å²) in [6.45, 7) is 1.33. The molecule has 24 heavy (non-hydrogen) atoms. The molecule has 0 aromatic carbocycles. The van der Waals surface area contributed by atoms with Crippen LogP contribution in [-0.2, 0) is 19.1 Å². The zero-order valence-corrected chi connectivity index (χ0v) is 14.5. The van der Waals surface area contributed by atoms with Gasteiger partial charge in [0, 0.05) is 27.3 Å². The summed E-state index contributed by atoms with van der Waals surface area (Å²) in [5.74, 6) is -0.542. The van der Waals surface area contributed by atoms with E-state index in [2.05, 4.69) is 5.32 Å². The van der Waals surface area contributed by atoms with E-state index in [1.807, 2.05) is 0 Å². The molecule has 1 saturated heterocycles. The third-order valence-electron chi connectivity index (χ3n) is 4.73. The molecule has 1 saturated carbocycles. The second-order valence-corrected chi connectivity index (χ2v) is 6.33. The number of methoxy groups -OCH3 is 2. The van der Waals surface area contributed by atoms with E-state index in [-0.39, 0.29) is 18.4 Å². The first-order valence-electron chi connectivity index (χ1n) is 8.44. The number of nitrogens with one attached hydrogen (secondary N) is 1. The topological polar surface area (TPSA) is 88.2 Å². The molecular formula is C16H27N3O5. The maximum atomic E-state index is 12.7. The quantitative estimate of drug-likeness (QED) is 0.644. The molecule has 2 fully saturated rings. The zero-order valence-electron chi connectivity index (χ0n) is 14.5. The molecule has 8 nitrogen and oxygen atoms in total. The Morgan fingerprint density at radius 3 is 2.25 bits per heavy atom. The lowest BCUT2D eigenvalue weighted by atomic mass is 9.82. The van der Waals surface area contributed by atoms with Gasteiger partial charge < -0.3 is 19.7 Å². The van der Waals surface area contributed by atoms with Crippen LogP contribution in [0.1, 0.15) is 32.1 Å². The summed E-state index contributed by atoms with van der Waals surface area (Å²) in [4.78, 5) is 40.0. The molecule has 1 aliphatic carbocycles. The predicted octanol–water partition coefficient (Wildman–Crippen LogP) is 0.363. The largest absolute Gasteiger partial charge is 0.383 e. The van der Waals surface area contributed by atoms with Gasteiger partial charge in [0.2, 0.25) is 5.91 Å². The van der Waals surface area contributed by atoms with E-state index >= 15 is 0 Å². The second kappa shape index (κ2) is 8.43. The van der Waals surface area contributed by atoms with E-state index in [1.165, 1.54) is 0 Å². The van der Waals surface area contributed by atoms with Gasteiger partial charge in [-0.3, -0.25) is 14.5 Å². The molecule has 0 aromatic heterocycles. The molecule has 1 aliphatic heterocycles. The van der Waals surface area contributed by atoms with Crippen LogP contribution in [0.5, 0.6) is 0 Å². The van der Waals surface area contributed by atoms with E-state index in [9.17, 15) is 14.4 Å². The molecule has 1 spiro atoms. The Morgan fingerprint density at radius 2 is 1.71 bits per heavy atom. The van der Waals surface area contributed by atoms with Crippen LogP contribution in [-0.4, -0.2) is 80.3 Å². The molecule has 0 unspecified atom stereocenters. The molecule has 0 bridgehead atoms. The third kappa shape index (κ3) is 4.05. The standard InChI is InChI=1S/C16H27N3O5/c1-23-10-8-18(9-11-24-2)13(20)12-19-14(21)16(17-15(19)22)6-4-3-5-7-16/h3-12H2,1-2H3,(H,17,22). The van der Waals surface area contributed by atoms with E-state index < -0.39 is 11.6 Å². The normalized spacial score (nSPS) is 19.7. The summed E-state index contributed by atoms with van der Waals surface area (Å²) in [6.07, 6.45) is 4.22. The summed E-state index contributed by atoms with van der Waals surface area (Å²) < 4.78 is 10.0. The molecule has 0 aromatic rings. The molecular weight excluding hydrogens is 314 g/mol. The van der Waals surface area contributed by atoms with E-state index in [0.717, 1.165) is 24.2 Å². The SMILES string of the molecule is COCCN(CCOC)C(=O)CN1C(=O)NC2(CCCCC2)C1=O. The summed E-state index contributed by atoms with van der Waals surface area (Å²) in [5, 5.41) is 2.82. The van der Waals surface area contributed by atoms with Crippen LogP contribution in [0.15, 0.2) is 0 Å². The van der Waals surface area contributed by atoms with Crippen molar-refractivity contribution in [2.45, 2.75) is 37.6 Å². The fourth-order valence-corrected chi connectivity index (χ4v) is 3.31. The Labute approximate surface area is 142 Å². The van der Waals surface area contributed by atoms with Crippen molar-refractivity contribution in [3.63, 3.8) is 0 Å². The number of ether oxygens (including phenoxy) is 2. The summed E-state index contributed by atoms with van der Waals surface area (Å²) in [5.41, 5.74) is -0.792.